The van der Waals surface area contributed by atoms with Gasteiger partial charge in [-0.15, -0.1) is 0 Å². The fourth-order valence-electron chi connectivity index (χ4n) is 2.36. The maximum atomic E-state index is 5.91. The Kier molecular flexibility index (Phi) is 4.81. The predicted octanol–water partition coefficient (Wildman–Crippen LogP) is 3.75. The highest BCUT2D eigenvalue weighted by atomic mass is 32.2. The number of nitrogens with two attached hydrogens (primary N) is 1. The number of nitrogen functional groups attached to an aromatic ring is 1. The van der Waals surface area contributed by atoms with Crippen LogP contribution >= 0.6 is 11.8 Å². The van der Waals surface area contributed by atoms with Crippen LogP contribution in [0.4, 0.5) is 5.95 Å². The second-order valence-corrected chi connectivity index (χ2v) is 6.71. The zero-order chi connectivity index (χ0) is 16.2. The summed E-state index contributed by atoms with van der Waals surface area (Å²) in [4.78, 5) is 13.3. The normalized spacial score (nSPS) is 12.6. The Bertz CT molecular complexity index is 784. The second-order valence-electron chi connectivity index (χ2n) is 5.74. The van der Waals surface area contributed by atoms with E-state index in [1.54, 1.807) is 11.8 Å². The van der Waals surface area contributed by atoms with Crippen LogP contribution in [0.5, 0.6) is 0 Å². The minimum absolute atomic E-state index is 0.305. The van der Waals surface area contributed by atoms with E-state index in [0.29, 0.717) is 11.9 Å². The molecular formula is C17H21N5S. The number of hydrogen-bond donors (Lipinski definition) is 1. The van der Waals surface area contributed by atoms with Crippen LogP contribution in [0.2, 0.25) is 0 Å². The fourth-order valence-corrected chi connectivity index (χ4v) is 3.29. The van der Waals surface area contributed by atoms with Crippen molar-refractivity contribution in [1.82, 2.24) is 19.5 Å². The molecule has 0 bridgehead atoms. The summed E-state index contributed by atoms with van der Waals surface area (Å²) in [5.41, 5.74) is 8.82. The standard InChI is InChI=1S/C17H21N5S/c1-3-12(2)9-22-11-19-14-15(22)20-17(18)21-16(14)23-10-13-7-5-4-6-8-13/h4-8,11-12H,3,9-10H2,1-2H3,(H2,18,20,21)/t12-/m0/s1. The van der Waals surface area contributed by atoms with Crippen LogP contribution in [0.1, 0.15) is 25.8 Å². The molecule has 0 aliphatic heterocycles. The number of benzene rings is 1. The van der Waals surface area contributed by atoms with E-state index in [1.807, 2.05) is 24.5 Å². The van der Waals surface area contributed by atoms with E-state index in [0.717, 1.165) is 34.9 Å². The van der Waals surface area contributed by atoms with Gasteiger partial charge in [-0.05, 0) is 11.5 Å². The van der Waals surface area contributed by atoms with E-state index in [4.69, 9.17) is 5.73 Å². The molecule has 2 aromatic heterocycles. The van der Waals surface area contributed by atoms with Crippen LogP contribution in [-0.2, 0) is 12.3 Å². The fraction of sp³-hybridized carbons (Fsp3) is 0.353. The van der Waals surface area contributed by atoms with Gasteiger partial charge < -0.3 is 10.3 Å². The van der Waals surface area contributed by atoms with Gasteiger partial charge >= 0.3 is 0 Å². The summed E-state index contributed by atoms with van der Waals surface area (Å²) < 4.78 is 2.08. The molecule has 2 heterocycles. The van der Waals surface area contributed by atoms with Crippen LogP contribution < -0.4 is 5.73 Å². The lowest BCUT2D eigenvalue weighted by Gasteiger charge is -2.10. The van der Waals surface area contributed by atoms with Crippen LogP contribution in [0.3, 0.4) is 0 Å². The maximum Gasteiger partial charge on any atom is 0.223 e. The minimum Gasteiger partial charge on any atom is -0.368 e. The first-order valence-corrected chi connectivity index (χ1v) is 8.81. The second kappa shape index (κ2) is 7.00. The molecule has 23 heavy (non-hydrogen) atoms. The highest BCUT2D eigenvalue weighted by molar-refractivity contribution is 7.98. The minimum atomic E-state index is 0.305. The highest BCUT2D eigenvalue weighted by Gasteiger charge is 2.14. The summed E-state index contributed by atoms with van der Waals surface area (Å²) in [6.07, 6.45) is 2.97. The Labute approximate surface area is 140 Å². The summed E-state index contributed by atoms with van der Waals surface area (Å²) in [5, 5.41) is 0.847. The average molecular weight is 327 g/mol. The van der Waals surface area contributed by atoms with Crippen molar-refractivity contribution in [3.8, 4) is 0 Å². The molecule has 120 valence electrons. The van der Waals surface area contributed by atoms with E-state index in [2.05, 4.69) is 45.5 Å². The number of aromatic nitrogens is 4. The monoisotopic (exact) mass is 327 g/mol. The van der Waals surface area contributed by atoms with E-state index in [9.17, 15) is 0 Å². The number of rotatable bonds is 6. The smallest absolute Gasteiger partial charge is 0.223 e. The third-order valence-electron chi connectivity index (χ3n) is 3.87. The lowest BCUT2D eigenvalue weighted by atomic mass is 10.1. The van der Waals surface area contributed by atoms with Crippen molar-refractivity contribution < 1.29 is 0 Å². The number of fused-ring (bicyclic) bond motifs is 1. The first-order chi connectivity index (χ1) is 11.2. The van der Waals surface area contributed by atoms with E-state index in [1.165, 1.54) is 5.56 Å². The van der Waals surface area contributed by atoms with E-state index in [-0.39, 0.29) is 0 Å². The summed E-state index contributed by atoms with van der Waals surface area (Å²) >= 11 is 1.65. The number of imidazole rings is 1. The lowest BCUT2D eigenvalue weighted by molar-refractivity contribution is 0.474. The Hall–Kier alpha value is -2.08. The third-order valence-corrected chi connectivity index (χ3v) is 4.91. The van der Waals surface area contributed by atoms with Gasteiger partial charge in [0.2, 0.25) is 5.95 Å². The summed E-state index contributed by atoms with van der Waals surface area (Å²) in [6, 6.07) is 10.3. The van der Waals surface area contributed by atoms with Crippen LogP contribution in [0.15, 0.2) is 41.7 Å². The van der Waals surface area contributed by atoms with Gasteiger partial charge in [-0.2, -0.15) is 4.98 Å². The van der Waals surface area contributed by atoms with Gasteiger partial charge in [0, 0.05) is 12.3 Å². The van der Waals surface area contributed by atoms with Gasteiger partial charge in [0.1, 0.15) is 10.5 Å². The molecule has 0 radical (unpaired) electrons. The van der Waals surface area contributed by atoms with Gasteiger partial charge in [0.15, 0.2) is 5.65 Å². The molecule has 3 rings (SSSR count). The highest BCUT2D eigenvalue weighted by Crippen LogP contribution is 2.28. The van der Waals surface area contributed by atoms with Crippen molar-refractivity contribution in [2.45, 2.75) is 37.6 Å². The van der Waals surface area contributed by atoms with Crippen molar-refractivity contribution in [1.29, 1.82) is 0 Å². The van der Waals surface area contributed by atoms with Gasteiger partial charge in [-0.25, -0.2) is 9.97 Å². The number of hydrogen-bond acceptors (Lipinski definition) is 5. The van der Waals surface area contributed by atoms with Crippen molar-refractivity contribution >= 4 is 28.9 Å². The van der Waals surface area contributed by atoms with Crippen molar-refractivity contribution in [2.24, 2.45) is 5.92 Å². The SMILES string of the molecule is CC[C@H](C)Cn1cnc2c(SCc3ccccc3)nc(N)nc21. The third kappa shape index (κ3) is 3.64. The topological polar surface area (TPSA) is 69.6 Å². The molecule has 3 aromatic rings. The predicted molar refractivity (Wildman–Crippen MR) is 95.2 cm³/mol. The maximum absolute atomic E-state index is 5.91. The van der Waals surface area contributed by atoms with Crippen LogP contribution in [0.25, 0.3) is 11.2 Å². The molecule has 0 fully saturated rings. The number of nitrogens with zero attached hydrogens (tertiary/aromatic N) is 4. The molecule has 0 saturated carbocycles. The van der Waals surface area contributed by atoms with E-state index < -0.39 is 0 Å². The van der Waals surface area contributed by atoms with Crippen molar-refractivity contribution in [2.75, 3.05) is 5.73 Å². The molecule has 1 aromatic carbocycles. The molecule has 0 saturated heterocycles. The van der Waals surface area contributed by atoms with Crippen LogP contribution in [-0.4, -0.2) is 19.5 Å². The van der Waals surface area contributed by atoms with Gasteiger partial charge in [-0.1, -0.05) is 62.4 Å². The number of thioether (sulfide) groups is 1. The molecule has 6 heteroatoms. The molecular weight excluding hydrogens is 306 g/mol. The Morgan fingerprint density at radius 1 is 1.22 bits per heavy atom. The number of anilines is 1. The molecule has 2 N–H and O–H groups in total. The summed E-state index contributed by atoms with van der Waals surface area (Å²) in [7, 11) is 0. The Morgan fingerprint density at radius 2 is 2.00 bits per heavy atom. The zero-order valence-corrected chi connectivity index (χ0v) is 14.3. The molecule has 0 aliphatic carbocycles. The van der Waals surface area contributed by atoms with Gasteiger partial charge in [0.25, 0.3) is 0 Å². The largest absolute Gasteiger partial charge is 0.368 e. The van der Waals surface area contributed by atoms with Gasteiger partial charge in [-0.3, -0.25) is 0 Å². The van der Waals surface area contributed by atoms with Crippen molar-refractivity contribution in [3.05, 3.63) is 42.2 Å². The molecule has 0 unspecified atom stereocenters. The quantitative estimate of drug-likeness (QED) is 0.551. The van der Waals surface area contributed by atoms with Gasteiger partial charge in [0.05, 0.1) is 6.33 Å². The molecule has 1 atom stereocenters. The lowest BCUT2D eigenvalue weighted by Crippen LogP contribution is -2.07. The molecule has 5 nitrogen and oxygen atoms in total. The first-order valence-electron chi connectivity index (χ1n) is 7.82. The Morgan fingerprint density at radius 3 is 2.74 bits per heavy atom. The summed E-state index contributed by atoms with van der Waals surface area (Å²) in [5.74, 6) is 1.72. The van der Waals surface area contributed by atoms with E-state index >= 15 is 0 Å². The Balaban J connectivity index is 1.88. The zero-order valence-electron chi connectivity index (χ0n) is 13.4. The van der Waals surface area contributed by atoms with Crippen LogP contribution in [0, 0.1) is 5.92 Å². The average Bonchev–Trinajstić information content (AvgIpc) is 2.96. The molecule has 0 amide bonds. The molecule has 0 aliphatic rings. The molecule has 0 spiro atoms. The first kappa shape index (κ1) is 15.8. The van der Waals surface area contributed by atoms with Crippen molar-refractivity contribution in [3.63, 3.8) is 0 Å². The summed E-state index contributed by atoms with van der Waals surface area (Å²) in [6.45, 7) is 5.31.